The van der Waals surface area contributed by atoms with Gasteiger partial charge in [0.15, 0.2) is 0 Å². The quantitative estimate of drug-likeness (QED) is 0.772. The molecule has 0 unspecified atom stereocenters. The second-order valence-corrected chi connectivity index (χ2v) is 6.96. The van der Waals surface area contributed by atoms with Gasteiger partial charge in [-0.15, -0.1) is 0 Å². The third-order valence-electron chi connectivity index (χ3n) is 3.64. The third kappa shape index (κ3) is 4.43. The molecule has 23 heavy (non-hydrogen) atoms. The highest BCUT2D eigenvalue weighted by Crippen LogP contribution is 2.22. The van der Waals surface area contributed by atoms with E-state index in [0.717, 1.165) is 41.4 Å². The first-order valence-corrected chi connectivity index (χ1v) is 8.81. The zero-order valence-electron chi connectivity index (χ0n) is 13.0. The molecule has 1 fully saturated rings. The second-order valence-electron chi connectivity index (χ2n) is 5.38. The Morgan fingerprint density at radius 1 is 1.17 bits per heavy atom. The molecular weight excluding hydrogens is 326 g/mol. The Kier molecular flexibility index (Phi) is 5.48. The molecule has 1 aliphatic rings. The van der Waals surface area contributed by atoms with Crippen LogP contribution in [0, 0.1) is 0 Å². The van der Waals surface area contributed by atoms with Gasteiger partial charge in [0.2, 0.25) is 0 Å². The largest absolute Gasteiger partial charge is 0.497 e. The van der Waals surface area contributed by atoms with Crippen molar-refractivity contribution >= 4 is 28.3 Å². The number of aromatic nitrogens is 1. The highest BCUT2D eigenvalue weighted by Gasteiger charge is 2.22. The number of thiocarbonyl (C=S) groups is 1. The van der Waals surface area contributed by atoms with Gasteiger partial charge in [-0.1, -0.05) is 42.2 Å². The van der Waals surface area contributed by atoms with Crippen molar-refractivity contribution in [1.29, 1.82) is 0 Å². The van der Waals surface area contributed by atoms with Gasteiger partial charge in [0, 0.05) is 19.3 Å². The van der Waals surface area contributed by atoms with Gasteiger partial charge in [-0.05, 0) is 29.8 Å². The molecule has 120 valence electrons. The number of thioether (sulfide) groups is 1. The molecule has 2 heterocycles. The van der Waals surface area contributed by atoms with Gasteiger partial charge in [-0.2, -0.15) is 0 Å². The third-order valence-corrected chi connectivity index (χ3v) is 5.25. The summed E-state index contributed by atoms with van der Waals surface area (Å²) in [7, 11) is 1.68. The van der Waals surface area contributed by atoms with Crippen LogP contribution in [0.5, 0.6) is 5.75 Å². The summed E-state index contributed by atoms with van der Waals surface area (Å²) in [6.45, 7) is 2.48. The minimum absolute atomic E-state index is 0.814. The topological polar surface area (TPSA) is 28.6 Å². The number of hydrogen-bond donors (Lipinski definition) is 0. The van der Waals surface area contributed by atoms with Gasteiger partial charge in [0.05, 0.1) is 25.3 Å². The molecule has 2 aromatic rings. The lowest BCUT2D eigenvalue weighted by molar-refractivity contribution is 0.199. The molecule has 0 N–H and O–H groups in total. The van der Waals surface area contributed by atoms with Crippen molar-refractivity contribution in [2.75, 3.05) is 19.7 Å². The lowest BCUT2D eigenvalue weighted by Gasteiger charge is -2.36. The van der Waals surface area contributed by atoms with Crippen LogP contribution in [-0.4, -0.2) is 38.8 Å². The van der Waals surface area contributed by atoms with Gasteiger partial charge < -0.3 is 9.64 Å². The predicted octanol–water partition coefficient (Wildman–Crippen LogP) is 3.34. The Morgan fingerprint density at radius 2 is 2.00 bits per heavy atom. The fourth-order valence-electron chi connectivity index (χ4n) is 2.46. The maximum absolute atomic E-state index is 5.51. The second kappa shape index (κ2) is 7.77. The molecule has 0 radical (unpaired) electrons. The van der Waals surface area contributed by atoms with Crippen LogP contribution in [0.15, 0.2) is 48.7 Å². The number of methoxy groups -OCH3 is 1. The zero-order chi connectivity index (χ0) is 16.1. The van der Waals surface area contributed by atoms with Crippen LogP contribution in [0.4, 0.5) is 0 Å². The molecule has 0 saturated carbocycles. The molecule has 1 saturated heterocycles. The van der Waals surface area contributed by atoms with Crippen LogP contribution in [0.3, 0.4) is 0 Å². The van der Waals surface area contributed by atoms with Crippen molar-refractivity contribution in [2.24, 2.45) is 0 Å². The molecule has 1 aromatic carbocycles. The van der Waals surface area contributed by atoms with Gasteiger partial charge in [0.25, 0.3) is 0 Å². The zero-order valence-corrected chi connectivity index (χ0v) is 14.6. The summed E-state index contributed by atoms with van der Waals surface area (Å²) in [5.74, 6) is 1.79. The average Bonchev–Trinajstić information content (AvgIpc) is 2.59. The summed E-state index contributed by atoms with van der Waals surface area (Å²) in [6, 6.07) is 14.2. The van der Waals surface area contributed by atoms with Crippen molar-refractivity contribution in [2.45, 2.75) is 13.1 Å². The van der Waals surface area contributed by atoms with Crippen molar-refractivity contribution in [3.8, 4) is 5.75 Å². The van der Waals surface area contributed by atoms with Gasteiger partial charge >= 0.3 is 0 Å². The Labute approximate surface area is 146 Å². The van der Waals surface area contributed by atoms with Crippen molar-refractivity contribution in [3.63, 3.8) is 0 Å². The normalized spacial score (nSPS) is 15.7. The molecule has 6 heteroatoms. The smallest absolute Gasteiger partial charge is 0.138 e. The lowest BCUT2D eigenvalue weighted by atomic mass is 10.2. The number of hydrogen-bond acceptors (Lipinski definition) is 5. The predicted molar refractivity (Wildman–Crippen MR) is 98.2 cm³/mol. The van der Waals surface area contributed by atoms with Crippen LogP contribution in [0.1, 0.15) is 11.3 Å². The monoisotopic (exact) mass is 345 g/mol. The van der Waals surface area contributed by atoms with Gasteiger partial charge in [-0.3, -0.25) is 9.88 Å². The first-order chi connectivity index (χ1) is 11.2. The van der Waals surface area contributed by atoms with E-state index in [9.17, 15) is 0 Å². The number of benzene rings is 1. The minimum Gasteiger partial charge on any atom is -0.497 e. The van der Waals surface area contributed by atoms with Crippen LogP contribution < -0.4 is 4.74 Å². The summed E-state index contributed by atoms with van der Waals surface area (Å²) >= 11 is 7.23. The Morgan fingerprint density at radius 3 is 2.70 bits per heavy atom. The summed E-state index contributed by atoms with van der Waals surface area (Å²) in [6.07, 6.45) is 1.84. The fraction of sp³-hybridized carbons (Fsp3) is 0.294. The van der Waals surface area contributed by atoms with Crippen LogP contribution in [0.25, 0.3) is 0 Å². The first kappa shape index (κ1) is 16.2. The Bertz CT molecular complexity index is 649. The van der Waals surface area contributed by atoms with E-state index >= 15 is 0 Å². The highest BCUT2D eigenvalue weighted by atomic mass is 32.2. The number of rotatable bonds is 5. The molecule has 0 atom stereocenters. The fourth-order valence-corrected chi connectivity index (χ4v) is 3.51. The van der Waals surface area contributed by atoms with Crippen LogP contribution >= 0.6 is 24.0 Å². The van der Waals surface area contributed by atoms with E-state index in [4.69, 9.17) is 17.0 Å². The number of nitrogens with zero attached hydrogens (tertiary/aromatic N) is 3. The van der Waals surface area contributed by atoms with Gasteiger partial charge in [-0.25, -0.2) is 0 Å². The van der Waals surface area contributed by atoms with E-state index in [1.165, 1.54) is 5.56 Å². The minimum atomic E-state index is 0.814. The SMILES string of the molecule is COc1ccc(CN2CN(Cc3ccccn3)CSC2=S)cc1. The molecule has 0 bridgehead atoms. The Balaban J connectivity index is 1.62. The molecule has 0 amide bonds. The van der Waals surface area contributed by atoms with Crippen molar-refractivity contribution in [1.82, 2.24) is 14.8 Å². The summed E-state index contributed by atoms with van der Waals surface area (Å²) < 4.78 is 6.16. The van der Waals surface area contributed by atoms with Crippen molar-refractivity contribution < 1.29 is 4.74 Å². The summed E-state index contributed by atoms with van der Waals surface area (Å²) in [5, 5.41) is 0. The van der Waals surface area contributed by atoms with E-state index in [-0.39, 0.29) is 0 Å². The standard InChI is InChI=1S/C17H19N3OS2/c1-21-16-7-5-14(6-8-16)10-20-12-19(13-23-17(20)22)11-15-4-2-3-9-18-15/h2-9H,10-13H2,1H3. The van der Waals surface area contributed by atoms with E-state index in [2.05, 4.69) is 33.0 Å². The average molecular weight is 345 g/mol. The van der Waals surface area contributed by atoms with Crippen molar-refractivity contribution in [3.05, 3.63) is 59.9 Å². The number of pyridine rings is 1. The maximum Gasteiger partial charge on any atom is 0.138 e. The molecule has 4 nitrogen and oxygen atoms in total. The number of ether oxygens (including phenoxy) is 1. The molecule has 1 aromatic heterocycles. The van der Waals surface area contributed by atoms with Crippen LogP contribution in [0.2, 0.25) is 0 Å². The maximum atomic E-state index is 5.51. The van der Waals surface area contributed by atoms with Crippen LogP contribution in [-0.2, 0) is 13.1 Å². The summed E-state index contributed by atoms with van der Waals surface area (Å²) in [4.78, 5) is 8.99. The highest BCUT2D eigenvalue weighted by molar-refractivity contribution is 8.22. The Hall–Kier alpha value is -1.63. The van der Waals surface area contributed by atoms with Gasteiger partial charge in [0.1, 0.15) is 10.1 Å². The molecule has 1 aliphatic heterocycles. The van der Waals surface area contributed by atoms with E-state index in [0.29, 0.717) is 0 Å². The van der Waals surface area contributed by atoms with E-state index in [1.807, 2.05) is 30.5 Å². The molecule has 3 rings (SSSR count). The lowest BCUT2D eigenvalue weighted by Crippen LogP contribution is -2.43. The van der Waals surface area contributed by atoms with E-state index < -0.39 is 0 Å². The summed E-state index contributed by atoms with van der Waals surface area (Å²) in [5.41, 5.74) is 2.32. The molecule has 0 spiro atoms. The first-order valence-electron chi connectivity index (χ1n) is 7.41. The molecule has 0 aliphatic carbocycles. The molecular formula is C17H19N3OS2. The van der Waals surface area contributed by atoms with E-state index in [1.54, 1.807) is 18.9 Å².